The molecule has 1 aromatic rings. The predicted octanol–water partition coefficient (Wildman–Crippen LogP) is 1.36. The van der Waals surface area contributed by atoms with Crippen molar-refractivity contribution < 1.29 is 13.2 Å². The Morgan fingerprint density at radius 3 is 2.61 bits per heavy atom. The van der Waals surface area contributed by atoms with E-state index >= 15 is 0 Å². The maximum Gasteiger partial charge on any atom is 0.249 e. The molecule has 0 atom stereocenters. The van der Waals surface area contributed by atoms with Crippen molar-refractivity contribution in [3.63, 3.8) is 0 Å². The van der Waals surface area contributed by atoms with Gasteiger partial charge in [-0.2, -0.15) is 0 Å². The topological polar surface area (TPSA) is 87.6 Å². The van der Waals surface area contributed by atoms with E-state index in [-0.39, 0.29) is 16.8 Å². The molecule has 0 radical (unpaired) electrons. The third-order valence-corrected chi connectivity index (χ3v) is 5.76. The molecule has 1 aromatic carbocycles. The Bertz CT molecular complexity index is 751. The van der Waals surface area contributed by atoms with E-state index < -0.39 is 10.0 Å². The summed E-state index contributed by atoms with van der Waals surface area (Å²) in [6.45, 7) is 0.731. The zero-order valence-corrected chi connectivity index (χ0v) is 14.0. The normalized spacial score (nSPS) is 18.2. The van der Waals surface area contributed by atoms with Gasteiger partial charge in [-0.25, -0.2) is 13.1 Å². The fraction of sp³-hybridized carbons (Fsp3) is 0.333. The summed E-state index contributed by atoms with van der Waals surface area (Å²) in [5, 5.41) is 3.34. The summed E-state index contributed by atoms with van der Waals surface area (Å²) < 4.78 is 26.7. The van der Waals surface area contributed by atoms with Gasteiger partial charge in [-0.15, -0.1) is 0 Å². The number of nitrogens with one attached hydrogen (secondary N) is 2. The van der Waals surface area contributed by atoms with Crippen LogP contribution in [-0.4, -0.2) is 37.8 Å². The van der Waals surface area contributed by atoms with Crippen LogP contribution in [0.1, 0.15) is 18.4 Å². The van der Waals surface area contributed by atoms with Crippen LogP contribution in [0.2, 0.25) is 0 Å². The van der Waals surface area contributed by atoms with E-state index in [2.05, 4.69) is 15.0 Å². The van der Waals surface area contributed by atoms with Crippen molar-refractivity contribution in [1.82, 2.24) is 10.0 Å². The molecule has 3 rings (SSSR count). The molecule has 0 unspecified atom stereocenters. The maximum atomic E-state index is 12.0. The summed E-state index contributed by atoms with van der Waals surface area (Å²) in [6.07, 6.45) is 4.85. The lowest BCUT2D eigenvalue weighted by Crippen LogP contribution is -2.25. The average molecular weight is 351 g/mol. The summed E-state index contributed by atoms with van der Waals surface area (Å²) in [5.74, 6) is 0.648. The van der Waals surface area contributed by atoms with E-state index in [9.17, 15) is 13.2 Å². The highest BCUT2D eigenvalue weighted by atomic mass is 32.2. The van der Waals surface area contributed by atoms with Crippen LogP contribution in [0, 0.1) is 0 Å². The second-order valence-electron chi connectivity index (χ2n) is 5.32. The maximum absolute atomic E-state index is 12.0. The molecular formula is C15H17N3O3S2. The number of hydrogen-bond acceptors (Lipinski definition) is 5. The molecule has 0 saturated heterocycles. The number of amides is 1. The molecule has 0 aromatic heterocycles. The number of carbonyl (C=O) groups excluding carboxylic acids is 1. The Morgan fingerprint density at radius 1 is 1.26 bits per heavy atom. The molecule has 8 heteroatoms. The van der Waals surface area contributed by atoms with Gasteiger partial charge >= 0.3 is 0 Å². The Labute approximate surface area is 139 Å². The van der Waals surface area contributed by atoms with E-state index in [0.29, 0.717) is 5.17 Å². The number of carbonyl (C=O) groups is 1. The number of nitrogens with zero attached hydrogens (tertiary/aromatic N) is 1. The lowest BCUT2D eigenvalue weighted by molar-refractivity contribution is -0.115. The third kappa shape index (κ3) is 4.66. The molecule has 1 heterocycles. The SMILES string of the molecule is O=C(C=Cc1ccc(S(=O)(=O)NC2CC2)cc1)NC1=NCCS1. The molecule has 0 spiro atoms. The fourth-order valence-electron chi connectivity index (χ4n) is 1.98. The van der Waals surface area contributed by atoms with Crippen molar-refractivity contribution in [2.24, 2.45) is 4.99 Å². The minimum absolute atomic E-state index is 0.0830. The van der Waals surface area contributed by atoms with Crippen LogP contribution in [0.25, 0.3) is 6.08 Å². The van der Waals surface area contributed by atoms with Gasteiger partial charge in [0, 0.05) is 17.9 Å². The summed E-state index contributed by atoms with van der Waals surface area (Å²) >= 11 is 1.52. The standard InChI is InChI=1S/C15H17N3O3S2/c19-14(17-15-16-9-10-22-15)8-3-11-1-6-13(7-2-11)23(20,21)18-12-4-5-12/h1-3,6-8,12,18H,4-5,9-10H2,(H,16,17,19). The van der Waals surface area contributed by atoms with Crippen molar-refractivity contribution in [3.05, 3.63) is 35.9 Å². The van der Waals surface area contributed by atoms with Gasteiger partial charge in [0.05, 0.1) is 11.4 Å². The van der Waals surface area contributed by atoms with Crippen LogP contribution in [0.3, 0.4) is 0 Å². The fourth-order valence-corrected chi connectivity index (χ4v) is 4.01. The van der Waals surface area contributed by atoms with Crippen molar-refractivity contribution >= 4 is 38.9 Å². The van der Waals surface area contributed by atoms with Crippen LogP contribution < -0.4 is 10.0 Å². The molecule has 1 amide bonds. The van der Waals surface area contributed by atoms with Gasteiger partial charge in [0.15, 0.2) is 5.17 Å². The Balaban J connectivity index is 1.60. The molecule has 1 saturated carbocycles. The summed E-state index contributed by atoms with van der Waals surface area (Å²) in [7, 11) is -3.43. The van der Waals surface area contributed by atoms with Gasteiger partial charge in [0.1, 0.15) is 0 Å². The smallest absolute Gasteiger partial charge is 0.249 e. The second kappa shape index (κ2) is 6.86. The zero-order valence-electron chi connectivity index (χ0n) is 12.4. The molecule has 6 nitrogen and oxygen atoms in total. The van der Waals surface area contributed by atoms with E-state index in [1.807, 2.05) is 0 Å². The molecule has 1 fully saturated rings. The molecular weight excluding hydrogens is 334 g/mol. The number of amidine groups is 1. The second-order valence-corrected chi connectivity index (χ2v) is 8.12. The zero-order chi connectivity index (χ0) is 16.3. The van der Waals surface area contributed by atoms with Gasteiger partial charge in [0.2, 0.25) is 15.9 Å². The first-order valence-electron chi connectivity index (χ1n) is 7.32. The van der Waals surface area contributed by atoms with Crippen LogP contribution in [0.15, 0.2) is 40.2 Å². The van der Waals surface area contributed by atoms with Gasteiger partial charge in [0.25, 0.3) is 0 Å². The average Bonchev–Trinajstić information content (AvgIpc) is 3.17. The molecule has 122 valence electrons. The first kappa shape index (κ1) is 16.2. The monoisotopic (exact) mass is 351 g/mol. The van der Waals surface area contributed by atoms with Crippen LogP contribution in [0.5, 0.6) is 0 Å². The van der Waals surface area contributed by atoms with E-state index in [1.165, 1.54) is 17.8 Å². The van der Waals surface area contributed by atoms with Crippen LogP contribution in [-0.2, 0) is 14.8 Å². The van der Waals surface area contributed by atoms with Gasteiger partial charge in [-0.3, -0.25) is 9.79 Å². The van der Waals surface area contributed by atoms with Crippen molar-refractivity contribution in [1.29, 1.82) is 0 Å². The number of benzene rings is 1. The van der Waals surface area contributed by atoms with Crippen molar-refractivity contribution in [2.45, 2.75) is 23.8 Å². The van der Waals surface area contributed by atoms with E-state index in [1.54, 1.807) is 30.3 Å². The third-order valence-electron chi connectivity index (χ3n) is 3.33. The quantitative estimate of drug-likeness (QED) is 0.784. The lowest BCUT2D eigenvalue weighted by atomic mass is 10.2. The highest BCUT2D eigenvalue weighted by Gasteiger charge is 2.27. The number of thioether (sulfide) groups is 1. The van der Waals surface area contributed by atoms with Gasteiger partial charge < -0.3 is 5.32 Å². The molecule has 0 bridgehead atoms. The first-order valence-corrected chi connectivity index (χ1v) is 9.78. The van der Waals surface area contributed by atoms with Crippen LogP contribution >= 0.6 is 11.8 Å². The Morgan fingerprint density at radius 2 is 2.00 bits per heavy atom. The number of rotatable bonds is 5. The predicted molar refractivity (Wildman–Crippen MR) is 91.7 cm³/mol. The molecule has 2 N–H and O–H groups in total. The van der Waals surface area contributed by atoms with E-state index in [0.717, 1.165) is 30.7 Å². The minimum atomic E-state index is -3.43. The van der Waals surface area contributed by atoms with E-state index in [4.69, 9.17) is 0 Å². The van der Waals surface area contributed by atoms with Gasteiger partial charge in [-0.1, -0.05) is 23.9 Å². The lowest BCUT2D eigenvalue weighted by Gasteiger charge is -2.05. The number of aliphatic imine (C=N–C) groups is 1. The van der Waals surface area contributed by atoms with Crippen LogP contribution in [0.4, 0.5) is 0 Å². The summed E-state index contributed by atoms with van der Waals surface area (Å²) in [5.41, 5.74) is 0.756. The largest absolute Gasteiger partial charge is 0.302 e. The molecule has 1 aliphatic heterocycles. The Kier molecular flexibility index (Phi) is 4.84. The molecule has 1 aliphatic carbocycles. The highest BCUT2D eigenvalue weighted by molar-refractivity contribution is 8.14. The van der Waals surface area contributed by atoms with Gasteiger partial charge in [-0.05, 0) is 36.6 Å². The number of sulfonamides is 1. The molecule has 23 heavy (non-hydrogen) atoms. The van der Waals surface area contributed by atoms with Crippen molar-refractivity contribution in [3.8, 4) is 0 Å². The summed E-state index contributed by atoms with van der Waals surface area (Å²) in [4.78, 5) is 16.1. The number of hydrogen-bond donors (Lipinski definition) is 2. The van der Waals surface area contributed by atoms with Crippen molar-refractivity contribution in [2.75, 3.05) is 12.3 Å². The summed E-state index contributed by atoms with van der Waals surface area (Å²) in [6, 6.07) is 6.51. The first-order chi connectivity index (χ1) is 11.0. The highest BCUT2D eigenvalue weighted by Crippen LogP contribution is 2.22. The Hall–Kier alpha value is -1.64. The molecule has 2 aliphatic rings. The minimum Gasteiger partial charge on any atom is -0.302 e.